The van der Waals surface area contributed by atoms with E-state index in [9.17, 15) is 4.79 Å². The van der Waals surface area contributed by atoms with E-state index in [0.29, 0.717) is 19.5 Å². The van der Waals surface area contributed by atoms with Gasteiger partial charge in [-0.05, 0) is 32.1 Å². The average Bonchev–Trinajstić information content (AvgIpc) is 2.84. The fraction of sp³-hybridized carbons (Fsp3) is 0.857. The van der Waals surface area contributed by atoms with Gasteiger partial charge in [0.2, 0.25) is 5.91 Å². The molecule has 7 N–H and O–H groups in total. The smallest absolute Gasteiger partial charge is 0.300 e. The van der Waals surface area contributed by atoms with Gasteiger partial charge in [0.05, 0.1) is 0 Å². The van der Waals surface area contributed by atoms with Gasteiger partial charge < -0.3 is 32.1 Å². The quantitative estimate of drug-likeness (QED) is 0.0763. The number of aliphatic carboxylic acids is 1. The Morgan fingerprint density at radius 3 is 1.58 bits per heavy atom. The van der Waals surface area contributed by atoms with Crippen LogP contribution in [0.4, 0.5) is 0 Å². The molecule has 0 aliphatic rings. The first-order valence-electron chi connectivity index (χ1n) is 14.5. The third-order valence-electron chi connectivity index (χ3n) is 5.57. The third-order valence-corrected chi connectivity index (χ3v) is 5.57. The molecule has 0 aromatic rings. The van der Waals surface area contributed by atoms with Crippen LogP contribution in [0.5, 0.6) is 0 Å². The molecule has 0 radical (unpaired) electrons. The Kier molecular flexibility index (Phi) is 34.1. The van der Waals surface area contributed by atoms with Crippen LogP contribution in [0.1, 0.15) is 104 Å². The number of amides is 1. The molecule has 0 aliphatic carbocycles. The summed E-state index contributed by atoms with van der Waals surface area (Å²) in [5, 5.41) is 20.4. The van der Waals surface area contributed by atoms with Crippen LogP contribution in [-0.4, -0.2) is 69.3 Å². The van der Waals surface area contributed by atoms with Crippen molar-refractivity contribution in [2.75, 3.05) is 52.4 Å². The van der Waals surface area contributed by atoms with Gasteiger partial charge in [0.1, 0.15) is 0 Å². The van der Waals surface area contributed by atoms with Crippen LogP contribution in [0.3, 0.4) is 0 Å². The van der Waals surface area contributed by atoms with E-state index in [0.717, 1.165) is 52.6 Å². The van der Waals surface area contributed by atoms with Crippen molar-refractivity contribution in [3.8, 4) is 0 Å². The number of rotatable bonds is 26. The molecule has 0 unspecified atom stereocenters. The summed E-state index contributed by atoms with van der Waals surface area (Å²) < 4.78 is 0. The molecule has 1 amide bonds. The van der Waals surface area contributed by atoms with E-state index >= 15 is 0 Å². The van der Waals surface area contributed by atoms with E-state index in [1.54, 1.807) is 0 Å². The number of nitrogens with one attached hydrogen (secondary N) is 4. The van der Waals surface area contributed by atoms with Crippen molar-refractivity contribution in [3.05, 3.63) is 12.2 Å². The number of allylic oxidation sites excluding steroid dienone is 2. The molecular weight excluding hydrogens is 454 g/mol. The van der Waals surface area contributed by atoms with Gasteiger partial charge in [-0.15, -0.1) is 0 Å². The van der Waals surface area contributed by atoms with E-state index < -0.39 is 5.97 Å². The number of hydrogen-bond acceptors (Lipinski definition) is 6. The monoisotopic (exact) mass is 513 g/mol. The van der Waals surface area contributed by atoms with Crippen molar-refractivity contribution in [1.29, 1.82) is 0 Å². The highest BCUT2D eigenvalue weighted by Gasteiger charge is 2.00. The van der Waals surface area contributed by atoms with Crippen LogP contribution in [0.2, 0.25) is 0 Å². The SMILES string of the molecule is CC(=O)O.CCCCCCCC/C=C/CCCCCCCC(=O)NCCNCCNCCNCCN. The highest BCUT2D eigenvalue weighted by atomic mass is 16.4. The van der Waals surface area contributed by atoms with Gasteiger partial charge in [-0.3, -0.25) is 9.59 Å². The molecule has 36 heavy (non-hydrogen) atoms. The van der Waals surface area contributed by atoms with Gasteiger partial charge in [0, 0.05) is 65.7 Å². The van der Waals surface area contributed by atoms with Crippen molar-refractivity contribution in [2.24, 2.45) is 5.73 Å². The topological polar surface area (TPSA) is 129 Å². The minimum atomic E-state index is -0.833. The Labute approximate surface area is 222 Å². The Balaban J connectivity index is 0. The van der Waals surface area contributed by atoms with Crippen molar-refractivity contribution < 1.29 is 14.7 Å². The molecule has 0 heterocycles. The van der Waals surface area contributed by atoms with E-state index in [-0.39, 0.29) is 5.91 Å². The van der Waals surface area contributed by atoms with Crippen molar-refractivity contribution in [3.63, 3.8) is 0 Å². The number of nitrogens with two attached hydrogens (primary N) is 1. The molecule has 0 spiro atoms. The summed E-state index contributed by atoms with van der Waals surface area (Å²) in [6.07, 6.45) is 22.1. The van der Waals surface area contributed by atoms with Crippen molar-refractivity contribution in [1.82, 2.24) is 21.3 Å². The van der Waals surface area contributed by atoms with Gasteiger partial charge in [0.25, 0.3) is 5.97 Å². The van der Waals surface area contributed by atoms with Gasteiger partial charge in [-0.2, -0.15) is 0 Å². The number of carbonyl (C=O) groups is 2. The fourth-order valence-electron chi connectivity index (χ4n) is 3.57. The summed E-state index contributed by atoms with van der Waals surface area (Å²) in [6.45, 7) is 10.2. The van der Waals surface area contributed by atoms with E-state index in [2.05, 4.69) is 40.3 Å². The second-order valence-electron chi connectivity index (χ2n) is 9.24. The second-order valence-corrected chi connectivity index (χ2v) is 9.24. The van der Waals surface area contributed by atoms with E-state index in [1.165, 1.54) is 77.0 Å². The highest BCUT2D eigenvalue weighted by Crippen LogP contribution is 2.09. The predicted octanol–water partition coefficient (Wildman–Crippen LogP) is 3.96. The van der Waals surface area contributed by atoms with E-state index in [1.807, 2.05) is 0 Å². The second kappa shape index (κ2) is 33.5. The van der Waals surface area contributed by atoms with Crippen LogP contribution < -0.4 is 27.0 Å². The van der Waals surface area contributed by atoms with Crippen LogP contribution in [0.15, 0.2) is 12.2 Å². The Bertz CT molecular complexity index is 486. The van der Waals surface area contributed by atoms with Gasteiger partial charge in [-0.1, -0.05) is 70.4 Å². The number of carboxylic acid groups (broad SMARTS) is 1. The zero-order chi connectivity index (χ0) is 27.0. The molecule has 0 aromatic heterocycles. The summed E-state index contributed by atoms with van der Waals surface area (Å²) in [5.74, 6) is -0.645. The largest absolute Gasteiger partial charge is 0.481 e. The molecule has 0 rings (SSSR count). The molecular formula is C28H59N5O3. The minimum Gasteiger partial charge on any atom is -0.481 e. The molecule has 0 fully saturated rings. The Morgan fingerprint density at radius 2 is 1.08 bits per heavy atom. The lowest BCUT2D eigenvalue weighted by atomic mass is 10.1. The van der Waals surface area contributed by atoms with Crippen LogP contribution in [0.25, 0.3) is 0 Å². The maximum absolute atomic E-state index is 11.9. The fourth-order valence-corrected chi connectivity index (χ4v) is 3.57. The Hall–Kier alpha value is -1.48. The van der Waals surface area contributed by atoms with E-state index in [4.69, 9.17) is 15.6 Å². The van der Waals surface area contributed by atoms with Gasteiger partial charge in [-0.25, -0.2) is 0 Å². The van der Waals surface area contributed by atoms with Crippen molar-refractivity contribution >= 4 is 11.9 Å². The molecule has 8 heteroatoms. The molecule has 214 valence electrons. The maximum atomic E-state index is 11.9. The summed E-state index contributed by atoms with van der Waals surface area (Å²) in [5.41, 5.74) is 5.42. The minimum absolute atomic E-state index is 0.188. The standard InChI is InChI=1S/C26H55N5O.C2H4O2/c1-2-3-4-5-6-7-8-9-10-11-12-13-14-15-16-17-26(32)31-25-24-30-23-22-29-21-20-28-19-18-27;1-2(3)4/h9-10,28-30H,2-8,11-25,27H2,1H3,(H,31,32);1H3,(H,3,4)/b10-9+;. The maximum Gasteiger partial charge on any atom is 0.300 e. The molecule has 0 aliphatic heterocycles. The van der Waals surface area contributed by atoms with Gasteiger partial charge in [0.15, 0.2) is 0 Å². The molecule has 0 aromatic carbocycles. The first-order chi connectivity index (χ1) is 17.5. The molecule has 0 bridgehead atoms. The summed E-state index contributed by atoms with van der Waals surface area (Å²) >= 11 is 0. The Morgan fingerprint density at radius 1 is 0.667 bits per heavy atom. The normalized spacial score (nSPS) is 10.9. The number of carbonyl (C=O) groups excluding carboxylic acids is 1. The number of carboxylic acids is 1. The molecule has 0 saturated carbocycles. The average molecular weight is 514 g/mol. The first kappa shape index (κ1) is 36.7. The predicted molar refractivity (Wildman–Crippen MR) is 153 cm³/mol. The van der Waals surface area contributed by atoms with Crippen LogP contribution >= 0.6 is 0 Å². The molecule has 0 atom stereocenters. The summed E-state index contributed by atoms with van der Waals surface area (Å²) in [4.78, 5) is 20.9. The third kappa shape index (κ3) is 39.7. The zero-order valence-corrected chi connectivity index (χ0v) is 23.6. The highest BCUT2D eigenvalue weighted by molar-refractivity contribution is 5.75. The molecule has 0 saturated heterocycles. The lowest BCUT2D eigenvalue weighted by molar-refractivity contribution is -0.134. The lowest BCUT2D eigenvalue weighted by Gasteiger charge is -2.08. The van der Waals surface area contributed by atoms with Crippen molar-refractivity contribution in [2.45, 2.75) is 104 Å². The summed E-state index contributed by atoms with van der Waals surface area (Å²) in [6, 6.07) is 0. The zero-order valence-electron chi connectivity index (χ0n) is 23.6. The number of hydrogen-bond donors (Lipinski definition) is 6. The van der Waals surface area contributed by atoms with Gasteiger partial charge >= 0.3 is 0 Å². The van der Waals surface area contributed by atoms with Crippen LogP contribution in [0, 0.1) is 0 Å². The lowest BCUT2D eigenvalue weighted by Crippen LogP contribution is -2.36. The first-order valence-corrected chi connectivity index (χ1v) is 14.5. The molecule has 8 nitrogen and oxygen atoms in total. The summed E-state index contributed by atoms with van der Waals surface area (Å²) in [7, 11) is 0. The van der Waals surface area contributed by atoms with Crippen LogP contribution in [-0.2, 0) is 9.59 Å². The number of unbranched alkanes of at least 4 members (excludes halogenated alkanes) is 11.